The number of thiazole rings is 1. The number of aliphatic hydroxyl groups is 1. The normalized spacial score (nSPS) is 12.6. The average molecular weight is 223 g/mol. The molecule has 0 aliphatic heterocycles. The zero-order valence-corrected chi connectivity index (χ0v) is 7.90. The number of hydrogen-bond donors (Lipinski definition) is 1. The predicted octanol–water partition coefficient (Wildman–Crippen LogP) is 2.56. The molecule has 0 fully saturated rings. The highest BCUT2D eigenvalue weighted by Gasteiger charge is 2.33. The van der Waals surface area contributed by atoms with Gasteiger partial charge in [0.05, 0.1) is 0 Å². The fraction of sp³-hybridized carbons (Fsp3) is 0.375. The van der Waals surface area contributed by atoms with Crippen LogP contribution in [0.15, 0.2) is 11.5 Å². The maximum atomic E-state index is 12.1. The van der Waals surface area contributed by atoms with Crippen molar-refractivity contribution in [1.29, 1.82) is 0 Å². The third-order valence-corrected chi connectivity index (χ3v) is 2.18. The number of rotatable bonds is 3. The van der Waals surface area contributed by atoms with Gasteiger partial charge in [0.2, 0.25) is 0 Å². The number of hydrogen-bond acceptors (Lipinski definition) is 3. The zero-order chi connectivity index (χ0) is 10.6. The summed E-state index contributed by atoms with van der Waals surface area (Å²) in [7, 11) is 0. The van der Waals surface area contributed by atoms with Gasteiger partial charge in [0.15, 0.2) is 5.69 Å². The zero-order valence-electron chi connectivity index (χ0n) is 7.08. The molecule has 0 saturated heterocycles. The first-order valence-corrected chi connectivity index (χ1v) is 4.72. The molecule has 0 saturated carbocycles. The second-order valence-electron chi connectivity index (χ2n) is 2.48. The Bertz CT molecular complexity index is 319. The summed E-state index contributed by atoms with van der Waals surface area (Å²) in [6, 6.07) is 0. The predicted molar refractivity (Wildman–Crippen MR) is 47.9 cm³/mol. The quantitative estimate of drug-likeness (QED) is 0.854. The van der Waals surface area contributed by atoms with Gasteiger partial charge >= 0.3 is 6.18 Å². The third kappa shape index (κ3) is 3.12. The number of halogens is 3. The first kappa shape index (κ1) is 11.2. The van der Waals surface area contributed by atoms with Gasteiger partial charge in [0, 0.05) is 12.0 Å². The fourth-order valence-corrected chi connectivity index (χ4v) is 1.50. The largest absolute Gasteiger partial charge is 0.434 e. The summed E-state index contributed by atoms with van der Waals surface area (Å²) < 4.78 is 36.2. The second-order valence-corrected chi connectivity index (χ2v) is 3.37. The van der Waals surface area contributed by atoms with Crippen LogP contribution in [0, 0.1) is 0 Å². The molecule has 14 heavy (non-hydrogen) atoms. The van der Waals surface area contributed by atoms with Crippen molar-refractivity contribution < 1.29 is 18.3 Å². The van der Waals surface area contributed by atoms with Crippen LogP contribution in [-0.2, 0) is 6.18 Å². The van der Waals surface area contributed by atoms with Crippen molar-refractivity contribution in [2.75, 3.05) is 6.61 Å². The monoisotopic (exact) mass is 223 g/mol. The van der Waals surface area contributed by atoms with Crippen molar-refractivity contribution in [1.82, 2.24) is 4.98 Å². The molecular weight excluding hydrogens is 215 g/mol. The first-order chi connectivity index (χ1) is 6.54. The van der Waals surface area contributed by atoms with Crippen molar-refractivity contribution in [2.24, 2.45) is 0 Å². The Morgan fingerprint density at radius 2 is 2.21 bits per heavy atom. The maximum absolute atomic E-state index is 12.1. The van der Waals surface area contributed by atoms with Crippen LogP contribution < -0.4 is 0 Å². The highest BCUT2D eigenvalue weighted by molar-refractivity contribution is 7.10. The molecular formula is C8H8F3NOS. The standard InChI is InChI=1S/C8H8F3NOS/c9-8(10,11)6-5-14-7(12-6)3-1-2-4-13/h1,3,5,13H,2,4H2. The van der Waals surface area contributed by atoms with E-state index in [1.54, 1.807) is 6.08 Å². The Balaban J connectivity index is 2.69. The van der Waals surface area contributed by atoms with Crippen LogP contribution in [0.4, 0.5) is 13.2 Å². The van der Waals surface area contributed by atoms with Gasteiger partial charge in [-0.05, 0) is 12.5 Å². The molecule has 2 nitrogen and oxygen atoms in total. The summed E-state index contributed by atoms with van der Waals surface area (Å²) >= 11 is 0.927. The summed E-state index contributed by atoms with van der Waals surface area (Å²) in [4.78, 5) is 3.38. The molecule has 6 heteroatoms. The Labute approximate surface area is 82.7 Å². The lowest BCUT2D eigenvalue weighted by Crippen LogP contribution is -2.04. The molecule has 0 aliphatic carbocycles. The van der Waals surface area contributed by atoms with Gasteiger partial charge in [-0.1, -0.05) is 6.08 Å². The van der Waals surface area contributed by atoms with E-state index < -0.39 is 11.9 Å². The number of aromatic nitrogens is 1. The molecule has 0 aromatic carbocycles. The van der Waals surface area contributed by atoms with Crippen molar-refractivity contribution in [3.05, 3.63) is 22.2 Å². The SMILES string of the molecule is OCCC=Cc1nc(C(F)(F)F)cs1. The maximum Gasteiger partial charge on any atom is 0.434 e. The molecule has 0 amide bonds. The first-order valence-electron chi connectivity index (χ1n) is 3.84. The smallest absolute Gasteiger partial charge is 0.396 e. The number of aliphatic hydroxyl groups excluding tert-OH is 1. The minimum atomic E-state index is -4.38. The molecule has 0 radical (unpaired) electrons. The lowest BCUT2D eigenvalue weighted by molar-refractivity contribution is -0.140. The molecule has 0 bridgehead atoms. The van der Waals surface area contributed by atoms with Gasteiger partial charge < -0.3 is 5.11 Å². The summed E-state index contributed by atoms with van der Waals surface area (Å²) in [5.41, 5.74) is -0.869. The molecule has 0 atom stereocenters. The molecule has 1 N–H and O–H groups in total. The Hall–Kier alpha value is -0.880. The molecule has 1 aromatic rings. The third-order valence-electron chi connectivity index (χ3n) is 1.37. The summed E-state index contributed by atoms with van der Waals surface area (Å²) in [6.45, 7) is -0.0198. The lowest BCUT2D eigenvalue weighted by atomic mass is 10.4. The molecule has 78 valence electrons. The van der Waals surface area contributed by atoms with Crippen LogP contribution in [0.1, 0.15) is 17.1 Å². The van der Waals surface area contributed by atoms with E-state index in [0.29, 0.717) is 11.4 Å². The van der Waals surface area contributed by atoms with E-state index in [1.807, 2.05) is 0 Å². The number of nitrogens with zero attached hydrogens (tertiary/aromatic N) is 1. The molecule has 0 aliphatic rings. The Kier molecular flexibility index (Phi) is 3.65. The molecule has 1 aromatic heterocycles. The topological polar surface area (TPSA) is 33.1 Å². The van der Waals surface area contributed by atoms with Gasteiger partial charge in [-0.15, -0.1) is 11.3 Å². The van der Waals surface area contributed by atoms with Crippen LogP contribution in [0.5, 0.6) is 0 Å². The van der Waals surface area contributed by atoms with Gasteiger partial charge in [-0.3, -0.25) is 0 Å². The minimum absolute atomic E-state index is 0.0198. The summed E-state index contributed by atoms with van der Waals surface area (Å²) in [5, 5.41) is 9.70. The minimum Gasteiger partial charge on any atom is -0.396 e. The van der Waals surface area contributed by atoms with E-state index in [0.717, 1.165) is 16.7 Å². The Morgan fingerprint density at radius 3 is 2.71 bits per heavy atom. The van der Waals surface area contributed by atoms with Crippen molar-refractivity contribution >= 4 is 17.4 Å². The average Bonchev–Trinajstić information content (AvgIpc) is 2.52. The summed E-state index contributed by atoms with van der Waals surface area (Å²) in [6.07, 6.45) is -0.907. The highest BCUT2D eigenvalue weighted by Crippen LogP contribution is 2.30. The van der Waals surface area contributed by atoms with Gasteiger partial charge in [0.25, 0.3) is 0 Å². The molecule has 0 unspecified atom stereocenters. The molecule has 0 spiro atoms. The van der Waals surface area contributed by atoms with Crippen LogP contribution in [0.3, 0.4) is 0 Å². The molecule has 1 rings (SSSR count). The summed E-state index contributed by atoms with van der Waals surface area (Å²) in [5.74, 6) is 0. The van der Waals surface area contributed by atoms with Crippen LogP contribution >= 0.6 is 11.3 Å². The van der Waals surface area contributed by atoms with Crippen molar-refractivity contribution in [2.45, 2.75) is 12.6 Å². The number of alkyl halides is 3. The highest BCUT2D eigenvalue weighted by atomic mass is 32.1. The van der Waals surface area contributed by atoms with Gasteiger partial charge in [-0.25, -0.2) is 4.98 Å². The van der Waals surface area contributed by atoms with E-state index in [1.165, 1.54) is 6.08 Å². The fourth-order valence-electron chi connectivity index (χ4n) is 0.753. The van der Waals surface area contributed by atoms with Crippen LogP contribution in [0.2, 0.25) is 0 Å². The van der Waals surface area contributed by atoms with E-state index in [2.05, 4.69) is 4.98 Å². The van der Waals surface area contributed by atoms with Crippen molar-refractivity contribution in [3.63, 3.8) is 0 Å². The van der Waals surface area contributed by atoms with Crippen LogP contribution in [0.25, 0.3) is 6.08 Å². The Morgan fingerprint density at radius 1 is 1.50 bits per heavy atom. The van der Waals surface area contributed by atoms with Gasteiger partial charge in [0.1, 0.15) is 5.01 Å². The van der Waals surface area contributed by atoms with E-state index in [-0.39, 0.29) is 6.61 Å². The van der Waals surface area contributed by atoms with E-state index in [9.17, 15) is 13.2 Å². The van der Waals surface area contributed by atoms with E-state index >= 15 is 0 Å². The van der Waals surface area contributed by atoms with Crippen molar-refractivity contribution in [3.8, 4) is 0 Å². The second kappa shape index (κ2) is 4.56. The molecule has 1 heterocycles. The van der Waals surface area contributed by atoms with E-state index in [4.69, 9.17) is 5.11 Å². The van der Waals surface area contributed by atoms with Crippen LogP contribution in [-0.4, -0.2) is 16.7 Å². The lowest BCUT2D eigenvalue weighted by Gasteiger charge is -1.99. The van der Waals surface area contributed by atoms with Gasteiger partial charge in [-0.2, -0.15) is 13.2 Å².